The van der Waals surface area contributed by atoms with Crippen molar-refractivity contribution in [2.45, 2.75) is 6.54 Å². The van der Waals surface area contributed by atoms with Gasteiger partial charge in [0.2, 0.25) is 5.91 Å². The Balaban J connectivity index is 1.58. The largest absolute Gasteiger partial charge is 0.376 e. The standard InChI is InChI=1S/C23H22ClN3O2/c1-27(16-17-8-3-2-4-9-17)23(29)18-10-7-11-19(14-18)25-15-22(28)26-21-13-6-5-12-20(21)24/h2-14,25H,15-16H2,1H3,(H,26,28). The van der Waals surface area contributed by atoms with Gasteiger partial charge in [-0.15, -0.1) is 0 Å². The number of nitrogens with zero attached hydrogens (tertiary/aromatic N) is 1. The van der Waals surface area contributed by atoms with Crippen molar-refractivity contribution in [1.29, 1.82) is 0 Å². The first kappa shape index (κ1) is 20.4. The first-order valence-electron chi connectivity index (χ1n) is 9.20. The van der Waals surface area contributed by atoms with Crippen molar-refractivity contribution in [3.8, 4) is 0 Å². The molecule has 0 heterocycles. The number of carbonyl (C=O) groups excluding carboxylic acids is 2. The fraction of sp³-hybridized carbons (Fsp3) is 0.130. The second-order valence-corrected chi connectivity index (χ2v) is 7.02. The molecule has 0 unspecified atom stereocenters. The fourth-order valence-corrected chi connectivity index (χ4v) is 3.03. The van der Waals surface area contributed by atoms with E-state index in [0.717, 1.165) is 5.56 Å². The lowest BCUT2D eigenvalue weighted by molar-refractivity contribution is -0.114. The average Bonchev–Trinajstić information content (AvgIpc) is 2.74. The van der Waals surface area contributed by atoms with Crippen molar-refractivity contribution >= 4 is 34.8 Å². The summed E-state index contributed by atoms with van der Waals surface area (Å²) in [7, 11) is 1.77. The molecular weight excluding hydrogens is 386 g/mol. The summed E-state index contributed by atoms with van der Waals surface area (Å²) in [4.78, 5) is 26.5. The summed E-state index contributed by atoms with van der Waals surface area (Å²) in [6.45, 7) is 0.584. The summed E-state index contributed by atoms with van der Waals surface area (Å²) in [5, 5.41) is 6.28. The summed E-state index contributed by atoms with van der Waals surface area (Å²) in [6.07, 6.45) is 0. The Labute approximate surface area is 175 Å². The summed E-state index contributed by atoms with van der Waals surface area (Å²) in [5.41, 5.74) is 2.87. The quantitative estimate of drug-likeness (QED) is 0.598. The van der Waals surface area contributed by atoms with E-state index < -0.39 is 0 Å². The van der Waals surface area contributed by atoms with Crippen LogP contribution in [0.15, 0.2) is 78.9 Å². The van der Waals surface area contributed by atoms with E-state index in [9.17, 15) is 9.59 Å². The molecule has 29 heavy (non-hydrogen) atoms. The van der Waals surface area contributed by atoms with E-state index in [0.29, 0.717) is 28.5 Å². The highest BCUT2D eigenvalue weighted by Crippen LogP contribution is 2.20. The lowest BCUT2D eigenvalue weighted by Gasteiger charge is -2.18. The van der Waals surface area contributed by atoms with Crippen LogP contribution < -0.4 is 10.6 Å². The maximum atomic E-state index is 12.7. The maximum absolute atomic E-state index is 12.7. The van der Waals surface area contributed by atoms with E-state index in [1.165, 1.54) is 0 Å². The SMILES string of the molecule is CN(Cc1ccccc1)C(=O)c1cccc(NCC(=O)Nc2ccccc2Cl)c1. The highest BCUT2D eigenvalue weighted by atomic mass is 35.5. The molecule has 0 fully saturated rings. The van der Waals surface area contributed by atoms with Crippen molar-refractivity contribution in [1.82, 2.24) is 4.90 Å². The van der Waals surface area contributed by atoms with Gasteiger partial charge in [0.05, 0.1) is 17.3 Å². The smallest absolute Gasteiger partial charge is 0.253 e. The number of hydrogen-bond acceptors (Lipinski definition) is 3. The van der Waals surface area contributed by atoms with Crippen LogP contribution in [0, 0.1) is 0 Å². The zero-order valence-corrected chi connectivity index (χ0v) is 16.8. The van der Waals surface area contributed by atoms with Crippen LogP contribution in [0.3, 0.4) is 0 Å². The fourth-order valence-electron chi connectivity index (χ4n) is 2.85. The Morgan fingerprint density at radius 1 is 0.931 bits per heavy atom. The third kappa shape index (κ3) is 5.83. The predicted octanol–water partition coefficient (Wildman–Crippen LogP) is 4.66. The predicted molar refractivity (Wildman–Crippen MR) is 117 cm³/mol. The molecule has 0 saturated heterocycles. The Kier molecular flexibility index (Phi) is 6.87. The zero-order chi connectivity index (χ0) is 20.6. The summed E-state index contributed by atoms with van der Waals surface area (Å²) in [6, 6.07) is 24.0. The second-order valence-electron chi connectivity index (χ2n) is 6.61. The number of amides is 2. The van der Waals surface area contributed by atoms with Crippen LogP contribution in [-0.4, -0.2) is 30.3 Å². The Morgan fingerprint density at radius 2 is 1.66 bits per heavy atom. The molecule has 0 spiro atoms. The number of rotatable bonds is 7. The van der Waals surface area contributed by atoms with Crippen LogP contribution in [0.1, 0.15) is 15.9 Å². The Bertz CT molecular complexity index is 992. The van der Waals surface area contributed by atoms with Gasteiger partial charge in [0.15, 0.2) is 0 Å². The molecule has 0 aliphatic heterocycles. The molecule has 2 amide bonds. The first-order chi connectivity index (χ1) is 14.0. The Hall–Kier alpha value is -3.31. The van der Waals surface area contributed by atoms with E-state index >= 15 is 0 Å². The van der Waals surface area contributed by atoms with Gasteiger partial charge >= 0.3 is 0 Å². The summed E-state index contributed by atoms with van der Waals surface area (Å²) >= 11 is 6.05. The van der Waals surface area contributed by atoms with Crippen LogP contribution in [0.2, 0.25) is 5.02 Å². The summed E-state index contributed by atoms with van der Waals surface area (Å²) in [5.74, 6) is -0.311. The van der Waals surface area contributed by atoms with Crippen LogP contribution in [0.25, 0.3) is 0 Å². The van der Waals surface area contributed by atoms with E-state index in [2.05, 4.69) is 10.6 Å². The molecule has 0 aromatic heterocycles. The Morgan fingerprint density at radius 3 is 2.41 bits per heavy atom. The number of anilines is 2. The van der Waals surface area contributed by atoms with Crippen LogP contribution >= 0.6 is 11.6 Å². The van der Waals surface area contributed by atoms with Crippen LogP contribution in [-0.2, 0) is 11.3 Å². The van der Waals surface area contributed by atoms with E-state index in [4.69, 9.17) is 11.6 Å². The molecule has 0 aliphatic carbocycles. The van der Waals surface area contributed by atoms with Crippen molar-refractivity contribution in [3.63, 3.8) is 0 Å². The van der Waals surface area contributed by atoms with E-state index in [1.807, 2.05) is 36.4 Å². The van der Waals surface area contributed by atoms with Crippen molar-refractivity contribution in [2.75, 3.05) is 24.2 Å². The number of hydrogen-bond donors (Lipinski definition) is 2. The molecule has 0 aliphatic rings. The normalized spacial score (nSPS) is 10.3. The molecule has 0 atom stereocenters. The minimum atomic E-state index is -0.226. The third-order valence-corrected chi connectivity index (χ3v) is 4.65. The minimum absolute atomic E-state index is 0.0583. The van der Waals surface area contributed by atoms with Crippen molar-refractivity contribution in [3.05, 3.63) is 95.0 Å². The van der Waals surface area contributed by atoms with Gasteiger partial charge in [0.25, 0.3) is 5.91 Å². The summed E-state index contributed by atoms with van der Waals surface area (Å²) < 4.78 is 0. The molecule has 0 radical (unpaired) electrons. The van der Waals surface area contributed by atoms with E-state index in [1.54, 1.807) is 54.4 Å². The maximum Gasteiger partial charge on any atom is 0.253 e. The topological polar surface area (TPSA) is 61.4 Å². The number of benzene rings is 3. The first-order valence-corrected chi connectivity index (χ1v) is 9.58. The van der Waals surface area contributed by atoms with Gasteiger partial charge in [-0.2, -0.15) is 0 Å². The molecule has 148 valence electrons. The lowest BCUT2D eigenvalue weighted by atomic mass is 10.1. The monoisotopic (exact) mass is 407 g/mol. The van der Waals surface area contributed by atoms with Crippen molar-refractivity contribution in [2.24, 2.45) is 0 Å². The highest BCUT2D eigenvalue weighted by Gasteiger charge is 2.13. The van der Waals surface area contributed by atoms with Crippen molar-refractivity contribution < 1.29 is 9.59 Å². The number of nitrogens with one attached hydrogen (secondary N) is 2. The molecule has 3 aromatic rings. The average molecular weight is 408 g/mol. The van der Waals surface area contributed by atoms with Crippen LogP contribution in [0.5, 0.6) is 0 Å². The zero-order valence-electron chi connectivity index (χ0n) is 16.1. The molecule has 0 bridgehead atoms. The molecule has 5 nitrogen and oxygen atoms in total. The van der Waals surface area contributed by atoms with Gasteiger partial charge < -0.3 is 15.5 Å². The van der Waals surface area contributed by atoms with Crippen LogP contribution in [0.4, 0.5) is 11.4 Å². The highest BCUT2D eigenvalue weighted by molar-refractivity contribution is 6.33. The van der Waals surface area contributed by atoms with Gasteiger partial charge in [-0.05, 0) is 35.9 Å². The molecular formula is C23H22ClN3O2. The molecule has 2 N–H and O–H groups in total. The van der Waals surface area contributed by atoms with Gasteiger partial charge in [0, 0.05) is 24.8 Å². The van der Waals surface area contributed by atoms with Gasteiger partial charge in [-0.1, -0.05) is 60.1 Å². The number of para-hydroxylation sites is 1. The minimum Gasteiger partial charge on any atom is -0.376 e. The molecule has 0 saturated carbocycles. The number of carbonyl (C=O) groups is 2. The van der Waals surface area contributed by atoms with Gasteiger partial charge in [-0.3, -0.25) is 9.59 Å². The number of halogens is 1. The van der Waals surface area contributed by atoms with Gasteiger partial charge in [0.1, 0.15) is 0 Å². The third-order valence-electron chi connectivity index (χ3n) is 4.32. The molecule has 6 heteroatoms. The molecule has 3 rings (SSSR count). The lowest BCUT2D eigenvalue weighted by Crippen LogP contribution is -2.26. The molecule has 3 aromatic carbocycles. The second kappa shape index (κ2) is 9.75. The van der Waals surface area contributed by atoms with E-state index in [-0.39, 0.29) is 18.4 Å². The van der Waals surface area contributed by atoms with Gasteiger partial charge in [-0.25, -0.2) is 0 Å².